The second-order valence-corrected chi connectivity index (χ2v) is 24.6. The van der Waals surface area contributed by atoms with E-state index in [2.05, 4.69) is 92.1 Å². The Bertz CT molecular complexity index is 1420. The van der Waals surface area contributed by atoms with Crippen LogP contribution in [0.3, 0.4) is 0 Å². The summed E-state index contributed by atoms with van der Waals surface area (Å²) in [5.74, 6) is -0.0725. The summed E-state index contributed by atoms with van der Waals surface area (Å²) in [6.45, 7) is 4.22. The Hall–Kier alpha value is -2.43. The average Bonchev–Trinajstić information content (AvgIpc) is 3.47. The van der Waals surface area contributed by atoms with Gasteiger partial charge in [-0.25, -0.2) is 0 Å². The maximum Gasteiger partial charge on any atom is 0.220 e. The van der Waals surface area contributed by atoms with Crippen LogP contribution in [0, 0.1) is 0 Å². The average molecular weight is 1130 g/mol. The van der Waals surface area contributed by atoms with Crippen LogP contribution in [-0.4, -0.2) is 34.9 Å². The zero-order valence-electron chi connectivity index (χ0n) is 54.6. The van der Waals surface area contributed by atoms with Gasteiger partial charge in [0.1, 0.15) is 0 Å². The molecular formula is C77H141NO3. The van der Waals surface area contributed by atoms with Gasteiger partial charge in [0.2, 0.25) is 5.91 Å². The number of aliphatic hydroxyl groups is 2. The highest BCUT2D eigenvalue weighted by molar-refractivity contribution is 5.76. The Labute approximate surface area is 507 Å². The molecule has 0 fully saturated rings. The minimum absolute atomic E-state index is 0.0725. The Kier molecular flexibility index (Phi) is 69.7. The van der Waals surface area contributed by atoms with E-state index in [1.165, 1.54) is 295 Å². The fraction of sp³-hybridized carbons (Fsp3) is 0.805. The Morgan fingerprint density at radius 1 is 0.309 bits per heavy atom. The second kappa shape index (κ2) is 71.8. The molecule has 2 unspecified atom stereocenters. The lowest BCUT2D eigenvalue weighted by molar-refractivity contribution is -0.123. The van der Waals surface area contributed by atoms with E-state index in [1.54, 1.807) is 6.08 Å². The molecule has 4 heteroatoms. The molecule has 0 aliphatic carbocycles. The number of allylic oxidation sites excluding steroid dienone is 13. The van der Waals surface area contributed by atoms with Crippen LogP contribution < -0.4 is 5.32 Å². The van der Waals surface area contributed by atoms with Crippen LogP contribution >= 0.6 is 0 Å². The first-order valence-electron chi connectivity index (χ1n) is 36.3. The zero-order valence-corrected chi connectivity index (χ0v) is 54.6. The molecule has 81 heavy (non-hydrogen) atoms. The minimum Gasteiger partial charge on any atom is -0.394 e. The first-order valence-corrected chi connectivity index (χ1v) is 36.3. The summed E-state index contributed by atoms with van der Waals surface area (Å²) in [4.78, 5) is 12.5. The first kappa shape index (κ1) is 78.6. The molecule has 2 atom stereocenters. The van der Waals surface area contributed by atoms with Crippen molar-refractivity contribution < 1.29 is 15.0 Å². The molecule has 3 N–H and O–H groups in total. The Balaban J connectivity index is 3.47. The molecular weight excluding hydrogens is 987 g/mol. The zero-order chi connectivity index (χ0) is 58.4. The highest BCUT2D eigenvalue weighted by Crippen LogP contribution is 2.19. The number of aliphatic hydroxyl groups excluding tert-OH is 2. The SMILES string of the molecule is CC/C=C\C/C=C\C/C=C\C/C=C\CCCCCCCCCCCCCCCCCCCCCCCCCCC(=O)NC(CO)C(O)/C=C/CC/C=C/CC/C=C/CCCCCCCCCCCCCCCCCCCCCCCC. The van der Waals surface area contributed by atoms with Crippen molar-refractivity contribution in [3.05, 3.63) is 85.1 Å². The summed E-state index contributed by atoms with van der Waals surface area (Å²) >= 11 is 0. The number of unbranched alkanes of at least 4 members (excludes halogenated alkanes) is 48. The van der Waals surface area contributed by atoms with Gasteiger partial charge in [-0.2, -0.15) is 0 Å². The molecule has 4 nitrogen and oxygen atoms in total. The van der Waals surface area contributed by atoms with Crippen LogP contribution in [0.4, 0.5) is 0 Å². The highest BCUT2D eigenvalue weighted by atomic mass is 16.3. The van der Waals surface area contributed by atoms with Crippen LogP contribution in [0.2, 0.25) is 0 Å². The van der Waals surface area contributed by atoms with Crippen molar-refractivity contribution in [2.24, 2.45) is 0 Å². The van der Waals surface area contributed by atoms with Crippen LogP contribution in [0.25, 0.3) is 0 Å². The van der Waals surface area contributed by atoms with Crippen LogP contribution in [0.1, 0.15) is 380 Å². The topological polar surface area (TPSA) is 69.6 Å². The monoisotopic (exact) mass is 1130 g/mol. The summed E-state index contributed by atoms with van der Waals surface area (Å²) in [6, 6.07) is -0.649. The number of carbonyl (C=O) groups is 1. The van der Waals surface area contributed by atoms with E-state index < -0.39 is 12.1 Å². The maximum absolute atomic E-state index is 12.5. The molecule has 0 heterocycles. The summed E-state index contributed by atoms with van der Waals surface area (Å²) in [5.41, 5.74) is 0. The van der Waals surface area contributed by atoms with Crippen molar-refractivity contribution in [1.29, 1.82) is 0 Å². The third-order valence-corrected chi connectivity index (χ3v) is 16.6. The van der Waals surface area contributed by atoms with Gasteiger partial charge in [-0.1, -0.05) is 375 Å². The van der Waals surface area contributed by atoms with Gasteiger partial charge >= 0.3 is 0 Å². The molecule has 0 rings (SSSR count). The number of amides is 1. The predicted molar refractivity (Wildman–Crippen MR) is 364 cm³/mol. The number of carbonyl (C=O) groups excluding carboxylic acids is 1. The van der Waals surface area contributed by atoms with E-state index in [4.69, 9.17) is 0 Å². The standard InChI is InChI=1S/C77H141NO3/c1-3-5-7-9-11-13-15-17-19-21-23-25-27-29-31-33-35-37-38-39-40-41-43-45-47-49-51-53-55-57-59-61-63-65-67-69-71-73-77(81)78-75(74-79)76(80)72-70-68-66-64-62-60-58-56-54-52-50-48-46-44-42-36-34-32-30-28-26-24-22-20-18-16-14-12-10-8-6-4-2/h5,7,11,13,17,19,23,25,54,56,62,64,70,72,75-76,79-80H,3-4,6,8-10,12,14-16,18,20-22,24,26-53,55,57-61,63,65-69,71,73-74H2,1-2H3,(H,78,81)/b7-5-,13-11-,19-17-,25-23-,56-54+,64-62+,72-70+. The molecule has 1 amide bonds. The van der Waals surface area contributed by atoms with Crippen LogP contribution in [0.5, 0.6) is 0 Å². The quantitative estimate of drug-likeness (QED) is 0.0420. The molecule has 0 spiro atoms. The lowest BCUT2D eigenvalue weighted by Crippen LogP contribution is -2.45. The summed E-state index contributed by atoms with van der Waals surface area (Å²) in [5, 5.41) is 23.3. The Morgan fingerprint density at radius 3 is 0.864 bits per heavy atom. The van der Waals surface area contributed by atoms with E-state index in [-0.39, 0.29) is 12.5 Å². The third-order valence-electron chi connectivity index (χ3n) is 16.6. The minimum atomic E-state index is -0.874. The maximum atomic E-state index is 12.5. The smallest absolute Gasteiger partial charge is 0.220 e. The van der Waals surface area contributed by atoms with E-state index in [9.17, 15) is 15.0 Å². The largest absolute Gasteiger partial charge is 0.394 e. The fourth-order valence-electron chi connectivity index (χ4n) is 11.1. The molecule has 0 aliphatic rings. The predicted octanol–water partition coefficient (Wildman–Crippen LogP) is 25.0. The van der Waals surface area contributed by atoms with Crippen molar-refractivity contribution in [2.75, 3.05) is 6.61 Å². The molecule has 0 saturated carbocycles. The number of hydrogen-bond acceptors (Lipinski definition) is 3. The van der Waals surface area contributed by atoms with Gasteiger partial charge in [-0.15, -0.1) is 0 Å². The molecule has 472 valence electrons. The molecule has 0 bridgehead atoms. The summed E-state index contributed by atoms with van der Waals surface area (Å²) < 4.78 is 0. The lowest BCUT2D eigenvalue weighted by Gasteiger charge is -2.19. The normalized spacial score (nSPS) is 13.2. The van der Waals surface area contributed by atoms with Crippen molar-refractivity contribution in [2.45, 2.75) is 392 Å². The molecule has 0 radical (unpaired) electrons. The van der Waals surface area contributed by atoms with Gasteiger partial charge in [-0.3, -0.25) is 4.79 Å². The van der Waals surface area contributed by atoms with Gasteiger partial charge in [0.15, 0.2) is 0 Å². The molecule has 0 aromatic heterocycles. The summed E-state index contributed by atoms with van der Waals surface area (Å²) in [6.07, 6.45) is 106. The van der Waals surface area contributed by atoms with Gasteiger partial charge in [-0.05, 0) is 83.5 Å². The lowest BCUT2D eigenvalue weighted by atomic mass is 10.0. The van der Waals surface area contributed by atoms with Crippen molar-refractivity contribution in [3.63, 3.8) is 0 Å². The Morgan fingerprint density at radius 2 is 0.556 bits per heavy atom. The molecule has 0 aromatic carbocycles. The van der Waals surface area contributed by atoms with E-state index >= 15 is 0 Å². The molecule has 0 aromatic rings. The van der Waals surface area contributed by atoms with Gasteiger partial charge in [0, 0.05) is 6.42 Å². The number of rotatable bonds is 67. The molecule has 0 saturated heterocycles. The molecule has 0 aliphatic heterocycles. The summed E-state index contributed by atoms with van der Waals surface area (Å²) in [7, 11) is 0. The fourth-order valence-corrected chi connectivity index (χ4v) is 11.1. The van der Waals surface area contributed by atoms with Crippen molar-refractivity contribution in [3.8, 4) is 0 Å². The first-order chi connectivity index (χ1) is 40.2. The van der Waals surface area contributed by atoms with E-state index in [1.807, 2.05) is 6.08 Å². The van der Waals surface area contributed by atoms with Crippen LogP contribution in [0.15, 0.2) is 85.1 Å². The highest BCUT2D eigenvalue weighted by Gasteiger charge is 2.18. The van der Waals surface area contributed by atoms with E-state index in [0.29, 0.717) is 6.42 Å². The second-order valence-electron chi connectivity index (χ2n) is 24.6. The van der Waals surface area contributed by atoms with Gasteiger partial charge in [0.25, 0.3) is 0 Å². The van der Waals surface area contributed by atoms with Crippen molar-refractivity contribution in [1.82, 2.24) is 5.32 Å². The van der Waals surface area contributed by atoms with Gasteiger partial charge in [0.05, 0.1) is 18.8 Å². The van der Waals surface area contributed by atoms with Crippen molar-refractivity contribution >= 4 is 5.91 Å². The number of nitrogens with one attached hydrogen (secondary N) is 1. The number of hydrogen-bond donors (Lipinski definition) is 3. The third kappa shape index (κ3) is 68.2. The van der Waals surface area contributed by atoms with Crippen LogP contribution in [-0.2, 0) is 4.79 Å². The van der Waals surface area contributed by atoms with E-state index in [0.717, 1.165) is 64.2 Å². The van der Waals surface area contributed by atoms with Gasteiger partial charge < -0.3 is 15.5 Å².